The molecule has 0 atom stereocenters. The lowest BCUT2D eigenvalue weighted by Crippen LogP contribution is -2.15. The molecule has 10 heteroatoms. The smallest absolute Gasteiger partial charge is 0.262 e. The SMILES string of the molecule is COc1ccc(S(=O)(=O)Nc2ccc(Oc3ccc(-n4cccn4)nn3)cc2)c(C)c1C. The van der Waals surface area contributed by atoms with Gasteiger partial charge < -0.3 is 9.47 Å². The van der Waals surface area contributed by atoms with Crippen LogP contribution in [0.1, 0.15) is 11.1 Å². The summed E-state index contributed by atoms with van der Waals surface area (Å²) in [5.41, 5.74) is 1.82. The molecule has 0 fully saturated rings. The fourth-order valence-corrected chi connectivity index (χ4v) is 4.46. The second-order valence-electron chi connectivity index (χ2n) is 6.93. The van der Waals surface area contributed by atoms with E-state index in [-0.39, 0.29) is 4.90 Å². The zero-order chi connectivity index (χ0) is 22.7. The molecular weight excluding hydrogens is 430 g/mol. The molecule has 0 aliphatic heterocycles. The Labute approximate surface area is 185 Å². The molecule has 0 amide bonds. The van der Waals surface area contributed by atoms with Crippen molar-refractivity contribution in [2.75, 3.05) is 11.8 Å². The minimum atomic E-state index is -3.77. The average molecular weight is 452 g/mol. The van der Waals surface area contributed by atoms with E-state index in [4.69, 9.17) is 9.47 Å². The Kier molecular flexibility index (Phi) is 5.78. The van der Waals surface area contributed by atoms with Crippen LogP contribution in [0.2, 0.25) is 0 Å². The highest BCUT2D eigenvalue weighted by molar-refractivity contribution is 7.92. The van der Waals surface area contributed by atoms with E-state index in [2.05, 4.69) is 20.0 Å². The zero-order valence-corrected chi connectivity index (χ0v) is 18.5. The van der Waals surface area contributed by atoms with Crippen LogP contribution in [-0.2, 0) is 10.0 Å². The first-order chi connectivity index (χ1) is 15.4. The Morgan fingerprint density at radius 2 is 1.72 bits per heavy atom. The predicted molar refractivity (Wildman–Crippen MR) is 119 cm³/mol. The van der Waals surface area contributed by atoms with Gasteiger partial charge in [-0.1, -0.05) is 0 Å². The van der Waals surface area contributed by atoms with E-state index in [1.165, 1.54) is 6.07 Å². The first-order valence-corrected chi connectivity index (χ1v) is 11.1. The van der Waals surface area contributed by atoms with E-state index in [1.807, 2.05) is 6.92 Å². The van der Waals surface area contributed by atoms with Crippen molar-refractivity contribution in [3.8, 4) is 23.2 Å². The van der Waals surface area contributed by atoms with Gasteiger partial charge in [-0.05, 0) is 73.5 Å². The molecule has 2 aromatic heterocycles. The van der Waals surface area contributed by atoms with Gasteiger partial charge in [-0.25, -0.2) is 13.1 Å². The number of hydrogen-bond donors (Lipinski definition) is 1. The second-order valence-corrected chi connectivity index (χ2v) is 8.58. The third kappa shape index (κ3) is 4.40. The van der Waals surface area contributed by atoms with Gasteiger partial charge >= 0.3 is 0 Å². The maximum Gasteiger partial charge on any atom is 0.262 e. The highest BCUT2D eigenvalue weighted by atomic mass is 32.2. The van der Waals surface area contributed by atoms with Crippen molar-refractivity contribution in [1.29, 1.82) is 0 Å². The van der Waals surface area contributed by atoms with Crippen molar-refractivity contribution >= 4 is 15.7 Å². The van der Waals surface area contributed by atoms with Crippen LogP contribution in [0.3, 0.4) is 0 Å². The summed E-state index contributed by atoms with van der Waals surface area (Å²) in [6.45, 7) is 3.58. The molecule has 0 bridgehead atoms. The van der Waals surface area contributed by atoms with Crippen LogP contribution >= 0.6 is 0 Å². The fraction of sp³-hybridized carbons (Fsp3) is 0.136. The van der Waals surface area contributed by atoms with Crippen molar-refractivity contribution in [2.45, 2.75) is 18.7 Å². The van der Waals surface area contributed by atoms with Crippen LogP contribution in [-0.4, -0.2) is 35.5 Å². The normalized spacial score (nSPS) is 11.2. The summed E-state index contributed by atoms with van der Waals surface area (Å²) in [5, 5.41) is 12.2. The number of methoxy groups -OCH3 is 1. The molecule has 0 unspecified atom stereocenters. The van der Waals surface area contributed by atoms with Crippen LogP contribution in [0.15, 0.2) is 71.9 Å². The number of nitrogens with zero attached hydrogens (tertiary/aromatic N) is 4. The molecule has 2 aromatic carbocycles. The van der Waals surface area contributed by atoms with Crippen LogP contribution < -0.4 is 14.2 Å². The number of benzene rings is 2. The lowest BCUT2D eigenvalue weighted by molar-refractivity contribution is 0.410. The van der Waals surface area contributed by atoms with Crippen LogP contribution in [0, 0.1) is 13.8 Å². The molecule has 0 aliphatic carbocycles. The van der Waals surface area contributed by atoms with E-state index < -0.39 is 10.0 Å². The molecule has 32 heavy (non-hydrogen) atoms. The number of ether oxygens (including phenoxy) is 2. The van der Waals surface area contributed by atoms with E-state index in [0.717, 1.165) is 5.56 Å². The molecule has 0 radical (unpaired) electrons. The third-order valence-electron chi connectivity index (χ3n) is 4.89. The molecule has 9 nitrogen and oxygen atoms in total. The molecule has 1 N–H and O–H groups in total. The maximum absolute atomic E-state index is 12.9. The van der Waals surface area contributed by atoms with Crippen LogP contribution in [0.5, 0.6) is 17.4 Å². The van der Waals surface area contributed by atoms with Gasteiger partial charge in [-0.2, -0.15) is 5.10 Å². The summed E-state index contributed by atoms with van der Waals surface area (Å²) in [6, 6.07) is 14.9. The molecule has 0 spiro atoms. The summed E-state index contributed by atoms with van der Waals surface area (Å²) in [5.74, 6) is 2.00. The van der Waals surface area contributed by atoms with Gasteiger partial charge in [-0.3, -0.25) is 4.72 Å². The van der Waals surface area contributed by atoms with Crippen LogP contribution in [0.25, 0.3) is 5.82 Å². The van der Waals surface area contributed by atoms with Gasteiger partial charge in [0.15, 0.2) is 5.82 Å². The van der Waals surface area contributed by atoms with E-state index >= 15 is 0 Å². The van der Waals surface area contributed by atoms with Gasteiger partial charge in [0, 0.05) is 24.1 Å². The molecule has 0 saturated carbocycles. The molecule has 2 heterocycles. The molecule has 4 rings (SSSR count). The average Bonchev–Trinajstić information content (AvgIpc) is 3.32. The quantitative estimate of drug-likeness (QED) is 0.454. The monoisotopic (exact) mass is 451 g/mol. The Hall–Kier alpha value is -3.92. The van der Waals surface area contributed by atoms with Crippen molar-refractivity contribution < 1.29 is 17.9 Å². The van der Waals surface area contributed by atoms with E-state index in [0.29, 0.717) is 34.4 Å². The molecule has 4 aromatic rings. The third-order valence-corrected chi connectivity index (χ3v) is 6.42. The van der Waals surface area contributed by atoms with Crippen molar-refractivity contribution in [2.24, 2.45) is 0 Å². The van der Waals surface area contributed by atoms with Gasteiger partial charge in [0.2, 0.25) is 5.88 Å². The first-order valence-electron chi connectivity index (χ1n) is 9.66. The van der Waals surface area contributed by atoms with Gasteiger partial charge in [0.1, 0.15) is 11.5 Å². The summed E-state index contributed by atoms with van der Waals surface area (Å²) in [7, 11) is -2.21. The second kappa shape index (κ2) is 8.67. The fourth-order valence-electron chi connectivity index (χ4n) is 3.10. The highest BCUT2D eigenvalue weighted by Crippen LogP contribution is 2.29. The minimum absolute atomic E-state index is 0.198. The van der Waals surface area contributed by atoms with Crippen LogP contribution in [0.4, 0.5) is 5.69 Å². The topological polar surface area (TPSA) is 108 Å². The lowest BCUT2D eigenvalue weighted by atomic mass is 10.1. The summed E-state index contributed by atoms with van der Waals surface area (Å²) in [4.78, 5) is 0.198. The number of rotatable bonds is 7. The number of aromatic nitrogens is 4. The lowest BCUT2D eigenvalue weighted by Gasteiger charge is -2.14. The Morgan fingerprint density at radius 1 is 0.938 bits per heavy atom. The molecular formula is C22H21N5O4S. The number of sulfonamides is 1. The first kappa shape index (κ1) is 21.3. The van der Waals surface area contributed by atoms with Crippen molar-refractivity contribution in [3.05, 3.63) is 78.1 Å². The maximum atomic E-state index is 12.9. The number of nitrogens with one attached hydrogen (secondary N) is 1. The highest BCUT2D eigenvalue weighted by Gasteiger charge is 2.19. The summed E-state index contributed by atoms with van der Waals surface area (Å²) < 4.78 is 40.9. The Balaban J connectivity index is 1.46. The van der Waals surface area contributed by atoms with Gasteiger partial charge in [-0.15, -0.1) is 10.2 Å². The molecule has 0 aliphatic rings. The van der Waals surface area contributed by atoms with Gasteiger partial charge in [0.05, 0.1) is 12.0 Å². The molecule has 164 valence electrons. The largest absolute Gasteiger partial charge is 0.496 e. The van der Waals surface area contributed by atoms with E-state index in [1.54, 1.807) is 79.6 Å². The molecule has 0 saturated heterocycles. The summed E-state index contributed by atoms with van der Waals surface area (Å²) in [6.07, 6.45) is 3.41. The van der Waals surface area contributed by atoms with Crippen molar-refractivity contribution in [3.63, 3.8) is 0 Å². The number of anilines is 1. The van der Waals surface area contributed by atoms with Crippen molar-refractivity contribution in [1.82, 2.24) is 20.0 Å². The Bertz CT molecular complexity index is 1320. The summed E-state index contributed by atoms with van der Waals surface area (Å²) >= 11 is 0. The van der Waals surface area contributed by atoms with E-state index in [9.17, 15) is 8.42 Å². The standard InChI is InChI=1S/C22H21N5O4S/c1-15-16(2)20(10-9-19(15)30-3)32(28,29)26-17-5-7-18(8-6-17)31-22-12-11-21(24-25-22)27-14-4-13-23-27/h4-14,26H,1-3H3. The predicted octanol–water partition coefficient (Wildman–Crippen LogP) is 3.88. The minimum Gasteiger partial charge on any atom is -0.496 e. The Morgan fingerprint density at radius 3 is 2.34 bits per heavy atom. The zero-order valence-electron chi connectivity index (χ0n) is 17.7. The number of hydrogen-bond acceptors (Lipinski definition) is 7. The van der Waals surface area contributed by atoms with Gasteiger partial charge in [0.25, 0.3) is 10.0 Å².